The Bertz CT molecular complexity index is 1430. The zero-order chi connectivity index (χ0) is 28.6. The van der Waals surface area contributed by atoms with Gasteiger partial charge in [-0.15, -0.1) is 5.10 Å². The van der Waals surface area contributed by atoms with E-state index in [0.29, 0.717) is 25.3 Å². The van der Waals surface area contributed by atoms with E-state index in [1.807, 2.05) is 68.6 Å². The highest BCUT2D eigenvalue weighted by Gasteiger charge is 2.32. The van der Waals surface area contributed by atoms with E-state index in [0.717, 1.165) is 38.5 Å². The fourth-order valence-electron chi connectivity index (χ4n) is 4.71. The van der Waals surface area contributed by atoms with E-state index < -0.39 is 6.29 Å². The lowest BCUT2D eigenvalue weighted by molar-refractivity contribution is -0.245. The lowest BCUT2D eigenvalue weighted by Gasteiger charge is -2.36. The predicted octanol–water partition coefficient (Wildman–Crippen LogP) is 4.53. The van der Waals surface area contributed by atoms with Crippen molar-refractivity contribution < 1.29 is 19.4 Å². The highest BCUT2D eigenvalue weighted by atomic mass is 32.2. The van der Waals surface area contributed by atoms with Gasteiger partial charge in [0.15, 0.2) is 6.29 Å². The number of aryl methyl sites for hydroxylation is 1. The molecule has 1 aliphatic heterocycles. The molecule has 3 atom stereocenters. The summed E-state index contributed by atoms with van der Waals surface area (Å²) in [5.41, 5.74) is 5.93. The summed E-state index contributed by atoms with van der Waals surface area (Å²) in [6.45, 7) is 2.89. The Kier molecular flexibility index (Phi) is 9.63. The molecular weight excluding hydrogens is 540 g/mol. The van der Waals surface area contributed by atoms with Gasteiger partial charge in [0.1, 0.15) is 0 Å². The number of hydrogen-bond acceptors (Lipinski definition) is 8. The largest absolute Gasteiger partial charge is 0.392 e. The van der Waals surface area contributed by atoms with Crippen LogP contribution in [0.2, 0.25) is 0 Å². The summed E-state index contributed by atoms with van der Waals surface area (Å²) < 4.78 is 14.6. The molecule has 3 N–H and O–H groups in total. The van der Waals surface area contributed by atoms with E-state index in [2.05, 4.69) is 44.4 Å². The number of hydrogen-bond donors (Lipinski definition) is 3. The van der Waals surface area contributed by atoms with E-state index in [4.69, 9.17) is 9.47 Å². The summed E-state index contributed by atoms with van der Waals surface area (Å²) in [5, 5.41) is 27.6. The van der Waals surface area contributed by atoms with Crippen LogP contribution in [0.3, 0.4) is 0 Å². The number of carbonyl (C=O) groups is 1. The standard InChI is InChI=1S/C30H34N6O4S/c1-3-31-29(38)32-17-24-6-4-5-7-26(24)21-12-14-23(15-13-21)28-39-25(19-41-30-33-34-35-36(30)2)16-27(40-28)22-10-8-20(18-37)9-11-22/h4-15,25,27-28,37H,3,16-19H2,1-2H3,(H2,31,32,38)/t25-,27+,28+/m1/s1. The molecule has 0 radical (unpaired) electrons. The SMILES string of the molecule is CCNC(=O)NCc1ccccc1-c1ccc([C@H]2O[C@@H](CSc3nnnn3C)C[C@@H](c3ccc(CO)cc3)O2)cc1. The van der Waals surface area contributed by atoms with Gasteiger partial charge in [0.25, 0.3) is 0 Å². The first-order chi connectivity index (χ1) is 20.0. The Morgan fingerprint density at radius 3 is 2.49 bits per heavy atom. The molecule has 2 amide bonds. The maximum Gasteiger partial charge on any atom is 0.315 e. The van der Waals surface area contributed by atoms with Crippen molar-refractivity contribution in [1.82, 2.24) is 30.8 Å². The van der Waals surface area contributed by atoms with Crippen LogP contribution in [0.5, 0.6) is 0 Å². The minimum absolute atomic E-state index is 0.0000169. The Morgan fingerprint density at radius 1 is 1.02 bits per heavy atom. The van der Waals surface area contributed by atoms with Gasteiger partial charge in [-0.2, -0.15) is 0 Å². The summed E-state index contributed by atoms with van der Waals surface area (Å²) in [5.74, 6) is 0.670. The van der Waals surface area contributed by atoms with Crippen molar-refractivity contribution in [1.29, 1.82) is 0 Å². The van der Waals surface area contributed by atoms with Crippen LogP contribution in [-0.2, 0) is 29.7 Å². The van der Waals surface area contributed by atoms with Crippen LogP contribution in [0.15, 0.2) is 78.0 Å². The second-order valence-corrected chi connectivity index (χ2v) is 10.7. The number of aromatic nitrogens is 4. The van der Waals surface area contributed by atoms with Crippen LogP contribution in [-0.4, -0.2) is 49.7 Å². The number of amides is 2. The van der Waals surface area contributed by atoms with Gasteiger partial charge in [0.2, 0.25) is 5.16 Å². The number of nitrogens with one attached hydrogen (secondary N) is 2. The number of carbonyl (C=O) groups excluding carboxylic acids is 1. The van der Waals surface area contributed by atoms with Crippen molar-refractivity contribution >= 4 is 17.8 Å². The Balaban J connectivity index is 1.34. The Labute approximate surface area is 243 Å². The van der Waals surface area contributed by atoms with Crippen LogP contribution in [0, 0.1) is 0 Å². The fourth-order valence-corrected chi connectivity index (χ4v) is 5.58. The molecule has 0 saturated carbocycles. The number of urea groups is 1. The molecule has 214 valence electrons. The van der Waals surface area contributed by atoms with Crippen molar-refractivity contribution in [2.24, 2.45) is 7.05 Å². The van der Waals surface area contributed by atoms with Crippen LogP contribution < -0.4 is 10.6 Å². The molecule has 1 fully saturated rings. The van der Waals surface area contributed by atoms with Crippen molar-refractivity contribution in [2.75, 3.05) is 12.3 Å². The average molecular weight is 575 g/mol. The van der Waals surface area contributed by atoms with Gasteiger partial charge in [-0.05, 0) is 45.2 Å². The summed E-state index contributed by atoms with van der Waals surface area (Å²) in [4.78, 5) is 11.9. The molecule has 0 unspecified atom stereocenters. The summed E-state index contributed by atoms with van der Waals surface area (Å²) in [6.07, 6.45) is -0.153. The van der Waals surface area contributed by atoms with E-state index >= 15 is 0 Å². The first-order valence-corrected chi connectivity index (χ1v) is 14.6. The fraction of sp³-hybridized carbons (Fsp3) is 0.333. The molecule has 10 nitrogen and oxygen atoms in total. The first-order valence-electron chi connectivity index (χ1n) is 13.6. The monoisotopic (exact) mass is 574 g/mol. The molecule has 3 aromatic carbocycles. The normalized spacial score (nSPS) is 18.7. The topological polar surface area (TPSA) is 123 Å². The molecule has 5 rings (SSSR count). The highest BCUT2D eigenvalue weighted by Crippen LogP contribution is 2.39. The second-order valence-electron chi connectivity index (χ2n) is 9.74. The minimum Gasteiger partial charge on any atom is -0.392 e. The summed E-state index contributed by atoms with van der Waals surface area (Å²) in [7, 11) is 1.82. The average Bonchev–Trinajstić information content (AvgIpc) is 3.43. The third kappa shape index (κ3) is 7.31. The number of tetrazole rings is 1. The van der Waals surface area contributed by atoms with E-state index in [1.54, 1.807) is 16.4 Å². The van der Waals surface area contributed by atoms with Crippen molar-refractivity contribution in [3.05, 3.63) is 95.1 Å². The molecule has 2 heterocycles. The van der Waals surface area contributed by atoms with E-state index in [9.17, 15) is 9.90 Å². The zero-order valence-corrected chi connectivity index (χ0v) is 23.9. The van der Waals surface area contributed by atoms with E-state index in [1.165, 1.54) is 0 Å². The quantitative estimate of drug-likeness (QED) is 0.236. The van der Waals surface area contributed by atoms with Gasteiger partial charge < -0.3 is 25.2 Å². The van der Waals surface area contributed by atoms with Crippen LogP contribution in [0.25, 0.3) is 11.1 Å². The molecule has 0 spiro atoms. The molecule has 1 saturated heterocycles. The smallest absolute Gasteiger partial charge is 0.315 e. The molecule has 0 aliphatic carbocycles. The predicted molar refractivity (Wildman–Crippen MR) is 156 cm³/mol. The third-order valence-corrected chi connectivity index (χ3v) is 8.03. The maximum atomic E-state index is 11.9. The van der Waals surface area contributed by atoms with Crippen LogP contribution in [0.4, 0.5) is 4.79 Å². The number of nitrogens with zero attached hydrogens (tertiary/aromatic N) is 4. The lowest BCUT2D eigenvalue weighted by atomic mass is 9.98. The number of aliphatic hydroxyl groups excluding tert-OH is 1. The van der Waals surface area contributed by atoms with Crippen LogP contribution in [0.1, 0.15) is 48.0 Å². The highest BCUT2D eigenvalue weighted by molar-refractivity contribution is 7.99. The first kappa shape index (κ1) is 28.7. The molecular formula is C30H34N6O4S. The Morgan fingerprint density at radius 2 is 1.78 bits per heavy atom. The zero-order valence-electron chi connectivity index (χ0n) is 23.1. The number of aliphatic hydroxyl groups is 1. The number of ether oxygens (including phenoxy) is 2. The van der Waals surface area contributed by atoms with Crippen molar-refractivity contribution in [3.63, 3.8) is 0 Å². The molecule has 0 bridgehead atoms. The van der Waals surface area contributed by atoms with E-state index in [-0.39, 0.29) is 24.8 Å². The van der Waals surface area contributed by atoms with Gasteiger partial charge in [-0.25, -0.2) is 9.48 Å². The van der Waals surface area contributed by atoms with Crippen LogP contribution >= 0.6 is 11.8 Å². The third-order valence-electron chi connectivity index (χ3n) is 6.88. The summed E-state index contributed by atoms with van der Waals surface area (Å²) in [6, 6.07) is 23.9. The van der Waals surface area contributed by atoms with Crippen molar-refractivity contribution in [2.45, 2.75) is 50.2 Å². The van der Waals surface area contributed by atoms with Crippen molar-refractivity contribution in [3.8, 4) is 11.1 Å². The number of benzene rings is 3. The summed E-state index contributed by atoms with van der Waals surface area (Å²) >= 11 is 1.55. The molecule has 4 aromatic rings. The molecule has 1 aliphatic rings. The molecule has 1 aromatic heterocycles. The molecule has 41 heavy (non-hydrogen) atoms. The van der Waals surface area contributed by atoms with Gasteiger partial charge >= 0.3 is 6.03 Å². The van der Waals surface area contributed by atoms with Gasteiger partial charge in [0, 0.05) is 37.9 Å². The van der Waals surface area contributed by atoms with Gasteiger partial charge in [-0.1, -0.05) is 84.6 Å². The Hall–Kier alpha value is -3.77. The minimum atomic E-state index is -0.557. The number of rotatable bonds is 10. The van der Waals surface area contributed by atoms with Gasteiger partial charge in [-0.3, -0.25) is 0 Å². The second kappa shape index (κ2) is 13.7. The maximum absolute atomic E-state index is 11.9. The lowest BCUT2D eigenvalue weighted by Crippen LogP contribution is -2.34. The number of thioether (sulfide) groups is 1. The van der Waals surface area contributed by atoms with Gasteiger partial charge in [0.05, 0.1) is 18.8 Å². The molecule has 11 heteroatoms.